The van der Waals surface area contributed by atoms with E-state index in [-0.39, 0.29) is 5.60 Å². The zero-order valence-electron chi connectivity index (χ0n) is 11.4. The van der Waals surface area contributed by atoms with Crippen LogP contribution in [0.4, 0.5) is 0 Å². The van der Waals surface area contributed by atoms with Gasteiger partial charge in [-0.25, -0.2) is 0 Å². The minimum Gasteiger partial charge on any atom is -0.379 e. The van der Waals surface area contributed by atoms with Gasteiger partial charge in [-0.05, 0) is 46.1 Å². The van der Waals surface area contributed by atoms with Gasteiger partial charge in [0.25, 0.3) is 0 Å². The Kier molecular flexibility index (Phi) is 7.20. The molecule has 92 valence electrons. The number of nitrogens with one attached hydrogen (secondary N) is 1. The fourth-order valence-electron chi connectivity index (χ4n) is 1.98. The molecule has 0 aromatic heterocycles. The van der Waals surface area contributed by atoms with Crippen LogP contribution >= 0.6 is 0 Å². The monoisotopic (exact) mass is 215 g/mol. The first-order valence-electron chi connectivity index (χ1n) is 6.19. The molecule has 0 aliphatic heterocycles. The van der Waals surface area contributed by atoms with Gasteiger partial charge in [0.15, 0.2) is 0 Å². The minimum atomic E-state index is 0.0149. The van der Waals surface area contributed by atoms with E-state index in [9.17, 15) is 0 Å². The summed E-state index contributed by atoms with van der Waals surface area (Å²) in [4.78, 5) is 0. The summed E-state index contributed by atoms with van der Waals surface area (Å²) in [7, 11) is 3.86. The molecule has 0 aromatic carbocycles. The maximum absolute atomic E-state index is 5.44. The zero-order chi connectivity index (χ0) is 11.9. The molecular weight excluding hydrogens is 186 g/mol. The van der Waals surface area contributed by atoms with Crippen LogP contribution in [0.15, 0.2) is 0 Å². The third-order valence-electron chi connectivity index (χ3n) is 3.41. The Labute approximate surface area is 95.8 Å². The second-order valence-electron chi connectivity index (χ2n) is 5.16. The molecule has 2 heteroatoms. The van der Waals surface area contributed by atoms with Gasteiger partial charge in [0.1, 0.15) is 0 Å². The van der Waals surface area contributed by atoms with Crippen molar-refractivity contribution in [3.8, 4) is 0 Å². The Morgan fingerprint density at radius 3 is 2.27 bits per heavy atom. The highest BCUT2D eigenvalue weighted by Crippen LogP contribution is 2.21. The van der Waals surface area contributed by atoms with E-state index in [0.717, 1.165) is 12.3 Å². The maximum Gasteiger partial charge on any atom is 0.0623 e. The van der Waals surface area contributed by atoms with Crippen molar-refractivity contribution < 1.29 is 4.74 Å². The van der Waals surface area contributed by atoms with Crippen molar-refractivity contribution in [3.05, 3.63) is 0 Å². The van der Waals surface area contributed by atoms with Gasteiger partial charge in [0.2, 0.25) is 0 Å². The molecule has 0 saturated heterocycles. The Bertz CT molecular complexity index is 157. The van der Waals surface area contributed by atoms with Crippen LogP contribution in [-0.2, 0) is 4.74 Å². The van der Waals surface area contributed by atoms with Gasteiger partial charge >= 0.3 is 0 Å². The van der Waals surface area contributed by atoms with Gasteiger partial charge in [-0.1, -0.05) is 20.3 Å². The van der Waals surface area contributed by atoms with Crippen molar-refractivity contribution in [1.82, 2.24) is 5.32 Å². The van der Waals surface area contributed by atoms with E-state index in [1.165, 1.54) is 19.3 Å². The fourth-order valence-corrected chi connectivity index (χ4v) is 1.98. The Hall–Kier alpha value is -0.0800. The Morgan fingerprint density at radius 2 is 1.87 bits per heavy atom. The number of ether oxygens (including phenoxy) is 1. The van der Waals surface area contributed by atoms with Gasteiger partial charge in [0, 0.05) is 13.2 Å². The SMILES string of the molecule is CCCC(C)C(CCC(C)(C)OC)NC. The van der Waals surface area contributed by atoms with Crippen molar-refractivity contribution in [2.75, 3.05) is 14.2 Å². The first-order chi connectivity index (χ1) is 6.96. The lowest BCUT2D eigenvalue weighted by Crippen LogP contribution is -2.35. The summed E-state index contributed by atoms with van der Waals surface area (Å²) in [6, 6.07) is 0.624. The Balaban J connectivity index is 3.99. The van der Waals surface area contributed by atoms with Crippen molar-refractivity contribution in [3.63, 3.8) is 0 Å². The second-order valence-corrected chi connectivity index (χ2v) is 5.16. The summed E-state index contributed by atoms with van der Waals surface area (Å²) < 4.78 is 5.44. The number of rotatable bonds is 8. The van der Waals surface area contributed by atoms with Crippen molar-refractivity contribution >= 4 is 0 Å². The molecular formula is C13H29NO. The normalized spacial score (nSPS) is 16.4. The average Bonchev–Trinajstić information content (AvgIpc) is 2.19. The second kappa shape index (κ2) is 7.24. The van der Waals surface area contributed by atoms with Gasteiger partial charge in [-0.15, -0.1) is 0 Å². The highest BCUT2D eigenvalue weighted by molar-refractivity contribution is 4.77. The molecule has 0 aliphatic rings. The molecule has 0 aliphatic carbocycles. The lowest BCUT2D eigenvalue weighted by Gasteiger charge is -2.28. The van der Waals surface area contributed by atoms with Crippen LogP contribution in [0.3, 0.4) is 0 Å². The van der Waals surface area contributed by atoms with E-state index in [1.54, 1.807) is 7.11 Å². The first-order valence-corrected chi connectivity index (χ1v) is 6.19. The minimum absolute atomic E-state index is 0.0149. The molecule has 1 N–H and O–H groups in total. The van der Waals surface area contributed by atoms with Gasteiger partial charge in [-0.3, -0.25) is 0 Å². The lowest BCUT2D eigenvalue weighted by atomic mass is 9.90. The third kappa shape index (κ3) is 6.16. The third-order valence-corrected chi connectivity index (χ3v) is 3.41. The topological polar surface area (TPSA) is 21.3 Å². The quantitative estimate of drug-likeness (QED) is 0.671. The molecule has 0 fully saturated rings. The van der Waals surface area contributed by atoms with Crippen LogP contribution in [0.5, 0.6) is 0 Å². The van der Waals surface area contributed by atoms with E-state index in [2.05, 4.69) is 40.1 Å². The van der Waals surface area contributed by atoms with Crippen LogP contribution in [0.2, 0.25) is 0 Å². The average molecular weight is 215 g/mol. The Morgan fingerprint density at radius 1 is 1.27 bits per heavy atom. The first kappa shape index (κ1) is 14.9. The number of hydrogen-bond acceptors (Lipinski definition) is 2. The van der Waals surface area contributed by atoms with Crippen LogP contribution in [0, 0.1) is 5.92 Å². The van der Waals surface area contributed by atoms with Crippen molar-refractivity contribution in [1.29, 1.82) is 0 Å². The van der Waals surface area contributed by atoms with Crippen LogP contribution in [0.1, 0.15) is 53.4 Å². The van der Waals surface area contributed by atoms with Crippen molar-refractivity contribution in [2.24, 2.45) is 5.92 Å². The predicted octanol–water partition coefficient (Wildman–Crippen LogP) is 3.22. The summed E-state index contributed by atoms with van der Waals surface area (Å²) >= 11 is 0. The highest BCUT2D eigenvalue weighted by Gasteiger charge is 2.21. The van der Waals surface area contributed by atoms with Gasteiger partial charge in [-0.2, -0.15) is 0 Å². The lowest BCUT2D eigenvalue weighted by molar-refractivity contribution is 0.0105. The van der Waals surface area contributed by atoms with Crippen LogP contribution in [0.25, 0.3) is 0 Å². The molecule has 2 unspecified atom stereocenters. The molecule has 0 radical (unpaired) electrons. The smallest absolute Gasteiger partial charge is 0.0623 e. The predicted molar refractivity (Wildman–Crippen MR) is 67.2 cm³/mol. The molecule has 15 heavy (non-hydrogen) atoms. The van der Waals surface area contributed by atoms with Crippen molar-refractivity contribution in [2.45, 2.75) is 65.0 Å². The van der Waals surface area contributed by atoms with Crippen LogP contribution < -0.4 is 5.32 Å². The largest absolute Gasteiger partial charge is 0.379 e. The summed E-state index contributed by atoms with van der Waals surface area (Å²) in [5, 5.41) is 3.43. The summed E-state index contributed by atoms with van der Waals surface area (Å²) in [5.41, 5.74) is 0.0149. The highest BCUT2D eigenvalue weighted by atomic mass is 16.5. The molecule has 0 amide bonds. The van der Waals surface area contributed by atoms with E-state index in [4.69, 9.17) is 4.74 Å². The molecule has 2 atom stereocenters. The summed E-state index contributed by atoms with van der Waals surface area (Å²) in [5.74, 6) is 0.757. The summed E-state index contributed by atoms with van der Waals surface area (Å²) in [6.07, 6.45) is 4.88. The summed E-state index contributed by atoms with van der Waals surface area (Å²) in [6.45, 7) is 8.90. The standard InChI is InChI=1S/C13H29NO/c1-7-8-11(2)12(14-5)9-10-13(3,4)15-6/h11-12,14H,7-10H2,1-6H3. The fraction of sp³-hybridized carbons (Fsp3) is 1.00. The van der Waals surface area contributed by atoms with E-state index in [1.807, 2.05) is 0 Å². The molecule has 0 spiro atoms. The molecule has 0 heterocycles. The molecule has 0 saturated carbocycles. The maximum atomic E-state index is 5.44. The molecule has 0 aromatic rings. The number of hydrogen-bond donors (Lipinski definition) is 1. The number of methoxy groups -OCH3 is 1. The van der Waals surface area contributed by atoms with Crippen LogP contribution in [-0.4, -0.2) is 25.8 Å². The van der Waals surface area contributed by atoms with E-state index >= 15 is 0 Å². The molecule has 0 bridgehead atoms. The molecule has 0 rings (SSSR count). The van der Waals surface area contributed by atoms with Gasteiger partial charge in [0.05, 0.1) is 5.60 Å². The van der Waals surface area contributed by atoms with E-state index in [0.29, 0.717) is 6.04 Å². The van der Waals surface area contributed by atoms with Gasteiger partial charge < -0.3 is 10.1 Å². The molecule has 2 nitrogen and oxygen atoms in total. The van der Waals surface area contributed by atoms with E-state index < -0.39 is 0 Å². The zero-order valence-corrected chi connectivity index (χ0v) is 11.4.